The van der Waals surface area contributed by atoms with Gasteiger partial charge in [-0.15, -0.1) is 0 Å². The van der Waals surface area contributed by atoms with Crippen LogP contribution in [0.4, 0.5) is 5.69 Å². The number of anilines is 1. The Morgan fingerprint density at radius 1 is 1.19 bits per heavy atom. The summed E-state index contributed by atoms with van der Waals surface area (Å²) in [6, 6.07) is 14.0. The predicted molar refractivity (Wildman–Crippen MR) is 114 cm³/mol. The summed E-state index contributed by atoms with van der Waals surface area (Å²) in [5, 5.41) is 5.74. The van der Waals surface area contributed by atoms with E-state index in [1.165, 1.54) is 0 Å². The van der Waals surface area contributed by atoms with Crippen molar-refractivity contribution in [1.29, 1.82) is 0 Å². The maximum atomic E-state index is 12.8. The molecule has 0 aromatic heterocycles. The Bertz CT molecular complexity index is 785. The highest BCUT2D eigenvalue weighted by molar-refractivity contribution is 9.10. The predicted octanol–water partition coefficient (Wildman–Crippen LogP) is 4.09. The monoisotopic (exact) mass is 450 g/mol. The summed E-state index contributed by atoms with van der Waals surface area (Å²) in [7, 11) is 1.63. The zero-order chi connectivity index (χ0) is 19.6. The van der Waals surface area contributed by atoms with E-state index in [9.17, 15) is 9.59 Å². The minimum atomic E-state index is -0.622. The Labute approximate surface area is 172 Å². The van der Waals surface area contributed by atoms with Crippen LogP contribution in [-0.2, 0) is 16.1 Å². The van der Waals surface area contributed by atoms with Crippen LogP contribution < -0.4 is 10.6 Å². The van der Waals surface area contributed by atoms with Gasteiger partial charge in [0.2, 0.25) is 5.91 Å². The summed E-state index contributed by atoms with van der Waals surface area (Å²) in [6.45, 7) is 0.471. The quantitative estimate of drug-likeness (QED) is 0.603. The molecule has 0 aliphatic rings. The molecular formula is C20H23BrN2O3S. The summed E-state index contributed by atoms with van der Waals surface area (Å²) < 4.78 is 5.82. The van der Waals surface area contributed by atoms with E-state index in [1.54, 1.807) is 37.1 Å². The lowest BCUT2D eigenvalue weighted by Crippen LogP contribution is -2.44. The minimum Gasteiger partial charge on any atom is -0.380 e. The van der Waals surface area contributed by atoms with Gasteiger partial charge < -0.3 is 15.4 Å². The van der Waals surface area contributed by atoms with Crippen LogP contribution in [0.3, 0.4) is 0 Å². The number of carbonyl (C=O) groups excluding carboxylic acids is 2. The van der Waals surface area contributed by atoms with Gasteiger partial charge in [-0.05, 0) is 64.2 Å². The Morgan fingerprint density at radius 2 is 1.96 bits per heavy atom. The average Bonchev–Trinajstić information content (AvgIpc) is 2.65. The van der Waals surface area contributed by atoms with Crippen LogP contribution in [-0.4, -0.2) is 37.0 Å². The third kappa shape index (κ3) is 6.68. The Balaban J connectivity index is 2.10. The van der Waals surface area contributed by atoms with Crippen molar-refractivity contribution >= 4 is 45.2 Å². The molecule has 0 fully saturated rings. The summed E-state index contributed by atoms with van der Waals surface area (Å²) in [5.74, 6) is 0.244. The van der Waals surface area contributed by atoms with E-state index in [4.69, 9.17) is 4.74 Å². The van der Waals surface area contributed by atoms with Crippen molar-refractivity contribution in [2.24, 2.45) is 0 Å². The first kappa shape index (κ1) is 21.5. The number of thioether (sulfide) groups is 1. The fraction of sp³-hybridized carbons (Fsp3) is 0.300. The molecule has 0 heterocycles. The van der Waals surface area contributed by atoms with E-state index < -0.39 is 6.04 Å². The van der Waals surface area contributed by atoms with Gasteiger partial charge in [-0.3, -0.25) is 9.59 Å². The number of hydrogen-bond acceptors (Lipinski definition) is 4. The molecule has 27 heavy (non-hydrogen) atoms. The van der Waals surface area contributed by atoms with Gasteiger partial charge in [-0.1, -0.05) is 24.3 Å². The molecule has 0 aliphatic carbocycles. The topological polar surface area (TPSA) is 67.4 Å². The van der Waals surface area contributed by atoms with Gasteiger partial charge in [-0.25, -0.2) is 0 Å². The Kier molecular flexibility index (Phi) is 8.84. The number of nitrogens with one attached hydrogen (secondary N) is 2. The first-order valence-corrected chi connectivity index (χ1v) is 10.7. The SMILES string of the molecule is COCc1cccc(NC(=O)C(CCSC)NC(=O)c2ccccc2Br)c1. The molecule has 1 atom stereocenters. The van der Waals surface area contributed by atoms with Crippen LogP contribution in [0, 0.1) is 0 Å². The Morgan fingerprint density at radius 3 is 2.67 bits per heavy atom. The summed E-state index contributed by atoms with van der Waals surface area (Å²) in [4.78, 5) is 25.4. The Hall–Kier alpha value is -1.83. The second-order valence-electron chi connectivity index (χ2n) is 5.91. The van der Waals surface area contributed by atoms with Crippen molar-refractivity contribution in [2.75, 3.05) is 24.4 Å². The largest absolute Gasteiger partial charge is 0.380 e. The van der Waals surface area contributed by atoms with Gasteiger partial charge >= 0.3 is 0 Å². The van der Waals surface area contributed by atoms with Crippen molar-refractivity contribution in [1.82, 2.24) is 5.32 Å². The highest BCUT2D eigenvalue weighted by Gasteiger charge is 2.22. The maximum absolute atomic E-state index is 12.8. The lowest BCUT2D eigenvalue weighted by atomic mass is 10.1. The molecule has 0 spiro atoms. The van der Waals surface area contributed by atoms with Crippen LogP contribution in [0.15, 0.2) is 53.0 Å². The standard InChI is InChI=1S/C20H23BrN2O3S/c1-26-13-14-6-5-7-15(12-14)22-20(25)18(10-11-27-2)23-19(24)16-8-3-4-9-17(16)21/h3-9,12,18H,10-11,13H2,1-2H3,(H,22,25)(H,23,24). The highest BCUT2D eigenvalue weighted by Crippen LogP contribution is 2.17. The smallest absolute Gasteiger partial charge is 0.253 e. The molecule has 2 N–H and O–H groups in total. The zero-order valence-electron chi connectivity index (χ0n) is 15.3. The van der Waals surface area contributed by atoms with Gasteiger partial charge in [0.1, 0.15) is 6.04 Å². The number of hydrogen-bond donors (Lipinski definition) is 2. The van der Waals surface area contributed by atoms with Gasteiger partial charge in [0, 0.05) is 17.3 Å². The molecule has 0 bridgehead atoms. The van der Waals surface area contributed by atoms with Crippen molar-refractivity contribution in [2.45, 2.75) is 19.1 Å². The molecule has 144 valence electrons. The molecule has 1 unspecified atom stereocenters. The number of methoxy groups -OCH3 is 1. The number of carbonyl (C=O) groups is 2. The van der Waals surface area contributed by atoms with Crippen LogP contribution >= 0.6 is 27.7 Å². The lowest BCUT2D eigenvalue weighted by molar-refractivity contribution is -0.118. The van der Waals surface area contributed by atoms with Crippen LogP contribution in [0.1, 0.15) is 22.3 Å². The minimum absolute atomic E-state index is 0.237. The number of benzene rings is 2. The van der Waals surface area contributed by atoms with Crippen molar-refractivity contribution in [3.05, 3.63) is 64.1 Å². The number of rotatable bonds is 9. The van der Waals surface area contributed by atoms with Crippen molar-refractivity contribution in [3.8, 4) is 0 Å². The summed E-state index contributed by atoms with van der Waals surface area (Å²) in [5.41, 5.74) is 2.15. The van der Waals surface area contributed by atoms with Crippen LogP contribution in [0.2, 0.25) is 0 Å². The molecule has 0 saturated carbocycles. The fourth-order valence-electron chi connectivity index (χ4n) is 2.52. The average molecular weight is 451 g/mol. The van der Waals surface area contributed by atoms with E-state index in [2.05, 4.69) is 26.6 Å². The highest BCUT2D eigenvalue weighted by atomic mass is 79.9. The van der Waals surface area contributed by atoms with Crippen LogP contribution in [0.5, 0.6) is 0 Å². The van der Waals surface area contributed by atoms with Gasteiger partial charge in [0.25, 0.3) is 5.91 Å². The molecule has 2 rings (SSSR count). The molecule has 2 aromatic rings. The van der Waals surface area contributed by atoms with Crippen molar-refractivity contribution < 1.29 is 14.3 Å². The van der Waals surface area contributed by atoms with Crippen LogP contribution in [0.25, 0.3) is 0 Å². The second-order valence-corrected chi connectivity index (χ2v) is 7.75. The normalized spacial score (nSPS) is 11.7. The molecular weight excluding hydrogens is 428 g/mol. The molecule has 0 saturated heterocycles. The van der Waals surface area contributed by atoms with Crippen molar-refractivity contribution in [3.63, 3.8) is 0 Å². The van der Waals surface area contributed by atoms with E-state index >= 15 is 0 Å². The van der Waals surface area contributed by atoms with Gasteiger partial charge in [-0.2, -0.15) is 11.8 Å². The molecule has 2 amide bonds. The number of halogens is 1. The molecule has 5 nitrogen and oxygen atoms in total. The summed E-state index contributed by atoms with van der Waals surface area (Å²) in [6.07, 6.45) is 2.51. The number of ether oxygens (including phenoxy) is 1. The molecule has 7 heteroatoms. The van der Waals surface area contributed by atoms with E-state index in [1.807, 2.05) is 36.6 Å². The van der Waals surface area contributed by atoms with Gasteiger partial charge in [0.15, 0.2) is 0 Å². The fourth-order valence-corrected chi connectivity index (χ4v) is 3.46. The second kappa shape index (κ2) is 11.1. The molecule has 2 aromatic carbocycles. The number of amides is 2. The van der Waals surface area contributed by atoms with Gasteiger partial charge in [0.05, 0.1) is 12.2 Å². The third-order valence-corrected chi connectivity index (χ3v) is 5.19. The molecule has 0 aliphatic heterocycles. The molecule has 0 radical (unpaired) electrons. The zero-order valence-corrected chi connectivity index (χ0v) is 17.7. The lowest BCUT2D eigenvalue weighted by Gasteiger charge is -2.19. The third-order valence-electron chi connectivity index (χ3n) is 3.86. The van der Waals surface area contributed by atoms with E-state index in [-0.39, 0.29) is 11.8 Å². The van der Waals surface area contributed by atoms with E-state index in [0.29, 0.717) is 28.8 Å². The maximum Gasteiger partial charge on any atom is 0.253 e. The first-order chi connectivity index (χ1) is 13.0. The summed E-state index contributed by atoms with van der Waals surface area (Å²) >= 11 is 5.01. The first-order valence-electron chi connectivity index (χ1n) is 8.48. The van der Waals surface area contributed by atoms with E-state index in [0.717, 1.165) is 11.3 Å².